The SMILES string of the molecule is CC(=O)N1CC2(O)CCCCCCCC12. The van der Waals surface area contributed by atoms with Crippen molar-refractivity contribution in [3.05, 3.63) is 0 Å². The van der Waals surface area contributed by atoms with Crippen molar-refractivity contribution in [1.29, 1.82) is 0 Å². The Kier molecular flexibility index (Phi) is 3.01. The lowest BCUT2D eigenvalue weighted by Gasteiger charge is -2.54. The standard InChI is InChI=1S/C12H21NO2/c1-10(14)13-9-12(15)8-6-4-2-3-5-7-11(12)13/h11,15H,2-9H2,1H3. The number of rotatable bonds is 0. The first-order chi connectivity index (χ1) is 7.13. The maximum Gasteiger partial charge on any atom is 0.219 e. The quantitative estimate of drug-likeness (QED) is 0.662. The molecule has 3 nitrogen and oxygen atoms in total. The number of β-amino-alcohol motifs (C(OH)–C–C–N with tert-alkyl or cyclic N) is 1. The molecular formula is C12H21NO2. The zero-order valence-electron chi connectivity index (χ0n) is 9.54. The molecule has 0 aromatic rings. The van der Waals surface area contributed by atoms with E-state index in [9.17, 15) is 9.90 Å². The average molecular weight is 211 g/mol. The summed E-state index contributed by atoms with van der Waals surface area (Å²) in [6.07, 6.45) is 7.88. The van der Waals surface area contributed by atoms with Crippen LogP contribution in [0.25, 0.3) is 0 Å². The molecule has 1 heterocycles. The normalized spacial score (nSPS) is 36.9. The monoisotopic (exact) mass is 211 g/mol. The molecule has 2 fully saturated rings. The second-order valence-corrected chi connectivity index (χ2v) is 5.07. The minimum atomic E-state index is -0.560. The van der Waals surface area contributed by atoms with Crippen molar-refractivity contribution in [2.75, 3.05) is 6.54 Å². The van der Waals surface area contributed by atoms with E-state index in [1.807, 2.05) is 4.90 Å². The molecule has 2 rings (SSSR count). The minimum absolute atomic E-state index is 0.105. The molecule has 0 bridgehead atoms. The summed E-state index contributed by atoms with van der Waals surface area (Å²) in [5.74, 6) is 0.115. The lowest BCUT2D eigenvalue weighted by Crippen LogP contribution is -2.70. The molecule has 1 aliphatic carbocycles. The molecule has 0 aromatic carbocycles. The first kappa shape index (κ1) is 10.9. The van der Waals surface area contributed by atoms with Gasteiger partial charge in [0.1, 0.15) is 5.60 Å². The maximum atomic E-state index is 11.3. The summed E-state index contributed by atoms with van der Waals surface area (Å²) in [7, 11) is 0. The zero-order valence-corrected chi connectivity index (χ0v) is 9.54. The molecule has 1 amide bonds. The van der Waals surface area contributed by atoms with Gasteiger partial charge in [0.15, 0.2) is 0 Å². The second-order valence-electron chi connectivity index (χ2n) is 5.07. The van der Waals surface area contributed by atoms with Crippen LogP contribution in [0.4, 0.5) is 0 Å². The first-order valence-corrected chi connectivity index (χ1v) is 6.13. The van der Waals surface area contributed by atoms with Gasteiger partial charge in [0, 0.05) is 6.92 Å². The van der Waals surface area contributed by atoms with Crippen LogP contribution in [0.5, 0.6) is 0 Å². The number of carbonyl (C=O) groups is 1. The maximum absolute atomic E-state index is 11.3. The Bertz CT molecular complexity index is 254. The van der Waals surface area contributed by atoms with Crippen molar-refractivity contribution < 1.29 is 9.90 Å². The van der Waals surface area contributed by atoms with Crippen molar-refractivity contribution in [3.63, 3.8) is 0 Å². The van der Waals surface area contributed by atoms with E-state index in [2.05, 4.69) is 0 Å². The van der Waals surface area contributed by atoms with Crippen LogP contribution in [-0.4, -0.2) is 34.1 Å². The van der Waals surface area contributed by atoms with E-state index in [-0.39, 0.29) is 11.9 Å². The van der Waals surface area contributed by atoms with Gasteiger partial charge in [-0.25, -0.2) is 0 Å². The Morgan fingerprint density at radius 3 is 2.67 bits per heavy atom. The van der Waals surface area contributed by atoms with Crippen LogP contribution in [0.2, 0.25) is 0 Å². The highest BCUT2D eigenvalue weighted by Gasteiger charge is 2.51. The highest BCUT2D eigenvalue weighted by atomic mass is 16.3. The van der Waals surface area contributed by atoms with Gasteiger partial charge in [-0.15, -0.1) is 0 Å². The number of hydrogen-bond acceptors (Lipinski definition) is 2. The Morgan fingerprint density at radius 2 is 1.93 bits per heavy atom. The van der Waals surface area contributed by atoms with Gasteiger partial charge >= 0.3 is 0 Å². The van der Waals surface area contributed by atoms with Crippen LogP contribution >= 0.6 is 0 Å². The fourth-order valence-corrected chi connectivity index (χ4v) is 2.99. The van der Waals surface area contributed by atoms with E-state index in [0.29, 0.717) is 6.54 Å². The minimum Gasteiger partial charge on any atom is -0.386 e. The molecule has 2 unspecified atom stereocenters. The van der Waals surface area contributed by atoms with Gasteiger partial charge in [-0.3, -0.25) is 4.79 Å². The average Bonchev–Trinajstić information content (AvgIpc) is 2.22. The molecule has 2 aliphatic rings. The molecule has 0 spiro atoms. The van der Waals surface area contributed by atoms with Crippen molar-refractivity contribution in [2.24, 2.45) is 0 Å². The smallest absolute Gasteiger partial charge is 0.219 e. The summed E-state index contributed by atoms with van der Waals surface area (Å²) in [5.41, 5.74) is -0.560. The van der Waals surface area contributed by atoms with Gasteiger partial charge in [0.2, 0.25) is 5.91 Å². The first-order valence-electron chi connectivity index (χ1n) is 6.13. The Balaban J connectivity index is 2.03. The van der Waals surface area contributed by atoms with Crippen molar-refractivity contribution in [2.45, 2.75) is 63.5 Å². The third-order valence-corrected chi connectivity index (χ3v) is 3.93. The fourth-order valence-electron chi connectivity index (χ4n) is 2.99. The highest BCUT2D eigenvalue weighted by molar-refractivity contribution is 5.75. The van der Waals surface area contributed by atoms with Gasteiger partial charge in [-0.2, -0.15) is 0 Å². The molecule has 1 aliphatic heterocycles. The van der Waals surface area contributed by atoms with Crippen LogP contribution < -0.4 is 0 Å². The second kappa shape index (κ2) is 4.12. The number of nitrogens with zero attached hydrogens (tertiary/aromatic N) is 1. The van der Waals surface area contributed by atoms with E-state index in [4.69, 9.17) is 0 Å². The molecular weight excluding hydrogens is 190 g/mol. The summed E-state index contributed by atoms with van der Waals surface area (Å²) in [5, 5.41) is 10.4. The third-order valence-electron chi connectivity index (χ3n) is 3.93. The summed E-state index contributed by atoms with van der Waals surface area (Å²) in [4.78, 5) is 13.2. The molecule has 1 saturated carbocycles. The topological polar surface area (TPSA) is 40.5 Å². The van der Waals surface area contributed by atoms with Crippen LogP contribution in [0.3, 0.4) is 0 Å². The van der Waals surface area contributed by atoms with Gasteiger partial charge < -0.3 is 10.0 Å². The molecule has 1 saturated heterocycles. The lowest BCUT2D eigenvalue weighted by molar-refractivity contribution is -0.178. The van der Waals surface area contributed by atoms with Crippen LogP contribution in [-0.2, 0) is 4.79 Å². The zero-order chi connectivity index (χ0) is 10.9. The molecule has 15 heavy (non-hydrogen) atoms. The van der Waals surface area contributed by atoms with E-state index >= 15 is 0 Å². The fraction of sp³-hybridized carbons (Fsp3) is 0.917. The highest BCUT2D eigenvalue weighted by Crippen LogP contribution is 2.38. The number of likely N-dealkylation sites (tertiary alicyclic amines) is 1. The molecule has 1 N–H and O–H groups in total. The van der Waals surface area contributed by atoms with Crippen molar-refractivity contribution >= 4 is 5.91 Å². The van der Waals surface area contributed by atoms with Crippen LogP contribution in [0, 0.1) is 0 Å². The van der Waals surface area contributed by atoms with Crippen molar-refractivity contribution in [1.82, 2.24) is 4.90 Å². The summed E-state index contributed by atoms with van der Waals surface area (Å²) in [6, 6.07) is 0.105. The van der Waals surface area contributed by atoms with Gasteiger partial charge in [0.25, 0.3) is 0 Å². The number of aliphatic hydroxyl groups is 1. The largest absolute Gasteiger partial charge is 0.386 e. The Labute approximate surface area is 91.5 Å². The number of fused-ring (bicyclic) bond motifs is 1. The van der Waals surface area contributed by atoms with Gasteiger partial charge in [-0.05, 0) is 12.8 Å². The summed E-state index contributed by atoms with van der Waals surface area (Å²) < 4.78 is 0. The van der Waals surface area contributed by atoms with E-state index in [1.165, 1.54) is 19.3 Å². The number of amides is 1. The number of hydrogen-bond donors (Lipinski definition) is 1. The molecule has 2 atom stereocenters. The molecule has 0 aromatic heterocycles. The predicted octanol–water partition coefficient (Wildman–Crippen LogP) is 1.69. The molecule has 3 heteroatoms. The van der Waals surface area contributed by atoms with Gasteiger partial charge in [-0.1, -0.05) is 32.1 Å². The molecule has 0 radical (unpaired) electrons. The summed E-state index contributed by atoms with van der Waals surface area (Å²) >= 11 is 0. The third kappa shape index (κ3) is 2.03. The lowest BCUT2D eigenvalue weighted by atomic mass is 9.77. The molecule has 86 valence electrons. The number of carbonyl (C=O) groups excluding carboxylic acids is 1. The predicted molar refractivity (Wildman–Crippen MR) is 58.4 cm³/mol. The van der Waals surface area contributed by atoms with Crippen LogP contribution in [0.15, 0.2) is 0 Å². The Hall–Kier alpha value is -0.570. The van der Waals surface area contributed by atoms with E-state index < -0.39 is 5.60 Å². The van der Waals surface area contributed by atoms with E-state index in [0.717, 1.165) is 25.7 Å². The Morgan fingerprint density at radius 1 is 1.27 bits per heavy atom. The van der Waals surface area contributed by atoms with Crippen LogP contribution in [0.1, 0.15) is 51.9 Å². The van der Waals surface area contributed by atoms with E-state index in [1.54, 1.807) is 6.92 Å². The van der Waals surface area contributed by atoms with Crippen molar-refractivity contribution in [3.8, 4) is 0 Å². The van der Waals surface area contributed by atoms with Gasteiger partial charge in [0.05, 0.1) is 12.6 Å². The summed E-state index contributed by atoms with van der Waals surface area (Å²) in [6.45, 7) is 2.17.